The molecule has 1 aliphatic carbocycles. The first kappa shape index (κ1) is 10.7. The monoisotopic (exact) mass is 248 g/mol. The molecule has 4 nitrogen and oxygen atoms in total. The predicted molar refractivity (Wildman–Crippen MR) is 65.2 cm³/mol. The fourth-order valence-electron chi connectivity index (χ4n) is 2.68. The zero-order chi connectivity index (χ0) is 11.9. The third-order valence-corrected chi connectivity index (χ3v) is 4.35. The van der Waals surface area contributed by atoms with Crippen molar-refractivity contribution in [3.63, 3.8) is 0 Å². The molecule has 2 aromatic rings. The second kappa shape index (κ2) is 3.77. The first-order valence-electron chi connectivity index (χ1n) is 5.68. The number of carbonyl (C=O) groups is 1. The van der Waals surface area contributed by atoms with Gasteiger partial charge in [-0.25, -0.2) is 0 Å². The Morgan fingerprint density at radius 1 is 1.35 bits per heavy atom. The fraction of sp³-hybridized carbons (Fsp3) is 0.417. The van der Waals surface area contributed by atoms with E-state index in [1.165, 1.54) is 11.5 Å². The van der Waals surface area contributed by atoms with E-state index in [2.05, 4.69) is 9.59 Å². The summed E-state index contributed by atoms with van der Waals surface area (Å²) in [5.74, 6) is -0.702. The number of benzene rings is 1. The maximum atomic E-state index is 11.6. The van der Waals surface area contributed by atoms with E-state index in [0.717, 1.165) is 41.5 Å². The molecule has 0 bridgehead atoms. The van der Waals surface area contributed by atoms with E-state index in [-0.39, 0.29) is 0 Å². The average molecular weight is 248 g/mol. The molecule has 0 aliphatic heterocycles. The molecule has 88 valence electrons. The highest BCUT2D eigenvalue weighted by molar-refractivity contribution is 7.12. The normalized spacial score (nSPS) is 18.6. The standard InChI is InChI=1S/C12H12N2O2S/c15-11(16)12(5-1-2-6-12)8-3-4-9-10(7-8)17-14-13-9/h3-4,7H,1-2,5-6H2,(H,15,16). The second-order valence-electron chi connectivity index (χ2n) is 4.55. The molecule has 1 aliphatic rings. The molecule has 1 heterocycles. The fourth-order valence-corrected chi connectivity index (χ4v) is 3.28. The van der Waals surface area contributed by atoms with Gasteiger partial charge in [-0.1, -0.05) is 23.4 Å². The lowest BCUT2D eigenvalue weighted by atomic mass is 9.79. The minimum atomic E-state index is -0.702. The zero-order valence-electron chi connectivity index (χ0n) is 9.22. The molecule has 5 heteroatoms. The third-order valence-electron chi connectivity index (χ3n) is 3.67. The molecule has 0 spiro atoms. The summed E-state index contributed by atoms with van der Waals surface area (Å²) in [5.41, 5.74) is 1.07. The van der Waals surface area contributed by atoms with Gasteiger partial charge in [-0.15, -0.1) is 5.10 Å². The molecule has 0 atom stereocenters. The van der Waals surface area contributed by atoms with Gasteiger partial charge in [-0.2, -0.15) is 0 Å². The molecule has 17 heavy (non-hydrogen) atoms. The summed E-state index contributed by atoms with van der Waals surface area (Å²) in [4.78, 5) is 11.6. The van der Waals surface area contributed by atoms with Crippen LogP contribution in [0.25, 0.3) is 10.2 Å². The van der Waals surface area contributed by atoms with Crippen LogP contribution in [0.5, 0.6) is 0 Å². The number of aliphatic carboxylic acids is 1. The van der Waals surface area contributed by atoms with Crippen molar-refractivity contribution in [3.8, 4) is 0 Å². The summed E-state index contributed by atoms with van der Waals surface area (Å²) in [6, 6.07) is 5.71. The Balaban J connectivity index is 2.14. The predicted octanol–water partition coefficient (Wildman–Crippen LogP) is 2.59. The maximum Gasteiger partial charge on any atom is 0.314 e. The first-order chi connectivity index (χ1) is 8.22. The highest BCUT2D eigenvalue weighted by atomic mass is 32.1. The number of hydrogen-bond donors (Lipinski definition) is 1. The van der Waals surface area contributed by atoms with E-state index < -0.39 is 11.4 Å². The Kier molecular flexibility index (Phi) is 2.36. The summed E-state index contributed by atoms with van der Waals surface area (Å²) in [5, 5.41) is 13.5. The van der Waals surface area contributed by atoms with E-state index in [1.54, 1.807) is 0 Å². The van der Waals surface area contributed by atoms with Gasteiger partial charge in [-0.05, 0) is 42.1 Å². The van der Waals surface area contributed by atoms with E-state index >= 15 is 0 Å². The van der Waals surface area contributed by atoms with Gasteiger partial charge in [0.2, 0.25) is 0 Å². The molecule has 1 aromatic heterocycles. The van der Waals surface area contributed by atoms with Crippen molar-refractivity contribution in [3.05, 3.63) is 23.8 Å². The van der Waals surface area contributed by atoms with E-state index in [1.807, 2.05) is 18.2 Å². The van der Waals surface area contributed by atoms with Gasteiger partial charge < -0.3 is 5.11 Å². The van der Waals surface area contributed by atoms with Gasteiger partial charge in [0.05, 0.1) is 10.1 Å². The van der Waals surface area contributed by atoms with Gasteiger partial charge in [0.1, 0.15) is 5.52 Å². The SMILES string of the molecule is O=C(O)C1(c2ccc3nnsc3c2)CCCC1. The van der Waals surface area contributed by atoms with E-state index in [0.29, 0.717) is 0 Å². The molecule has 1 saturated carbocycles. The summed E-state index contributed by atoms with van der Waals surface area (Å²) < 4.78 is 4.85. The summed E-state index contributed by atoms with van der Waals surface area (Å²) in [6.45, 7) is 0. The lowest BCUT2D eigenvalue weighted by Gasteiger charge is -2.24. The van der Waals surface area contributed by atoms with Crippen LogP contribution in [0, 0.1) is 0 Å². The Hall–Kier alpha value is -1.49. The van der Waals surface area contributed by atoms with E-state index in [4.69, 9.17) is 0 Å². The van der Waals surface area contributed by atoms with Crippen LogP contribution in [-0.4, -0.2) is 20.7 Å². The number of carboxylic acids is 1. The zero-order valence-corrected chi connectivity index (χ0v) is 10.0. The lowest BCUT2D eigenvalue weighted by molar-refractivity contribution is -0.143. The minimum absolute atomic E-state index is 0.682. The third kappa shape index (κ3) is 1.53. The van der Waals surface area contributed by atoms with Crippen LogP contribution >= 0.6 is 11.5 Å². The van der Waals surface area contributed by atoms with Crippen molar-refractivity contribution >= 4 is 27.7 Å². The Morgan fingerprint density at radius 3 is 2.82 bits per heavy atom. The van der Waals surface area contributed by atoms with Crippen molar-refractivity contribution < 1.29 is 9.90 Å². The quantitative estimate of drug-likeness (QED) is 0.887. The number of fused-ring (bicyclic) bond motifs is 1. The Morgan fingerprint density at radius 2 is 2.12 bits per heavy atom. The summed E-state index contributed by atoms with van der Waals surface area (Å²) in [6.07, 6.45) is 3.46. The van der Waals surface area contributed by atoms with Crippen LogP contribution in [-0.2, 0) is 10.2 Å². The molecule has 1 fully saturated rings. The lowest BCUT2D eigenvalue weighted by Crippen LogP contribution is -2.32. The molecule has 0 radical (unpaired) electrons. The number of rotatable bonds is 2. The second-order valence-corrected chi connectivity index (χ2v) is 5.34. The molecule has 1 aromatic carbocycles. The topological polar surface area (TPSA) is 63.1 Å². The van der Waals surface area contributed by atoms with Crippen LogP contribution in [0.1, 0.15) is 31.2 Å². The van der Waals surface area contributed by atoms with Gasteiger partial charge in [0.15, 0.2) is 0 Å². The number of aromatic nitrogens is 2. The van der Waals surface area contributed by atoms with Gasteiger partial charge in [0, 0.05) is 0 Å². The van der Waals surface area contributed by atoms with Crippen LogP contribution in [0.3, 0.4) is 0 Å². The molecule has 3 rings (SSSR count). The van der Waals surface area contributed by atoms with Crippen molar-refractivity contribution in [1.29, 1.82) is 0 Å². The van der Waals surface area contributed by atoms with Crippen molar-refractivity contribution in [2.75, 3.05) is 0 Å². The van der Waals surface area contributed by atoms with Crippen molar-refractivity contribution in [1.82, 2.24) is 9.59 Å². The number of carboxylic acid groups (broad SMARTS) is 1. The molecular weight excluding hydrogens is 236 g/mol. The molecule has 0 amide bonds. The summed E-state index contributed by atoms with van der Waals surface area (Å²) in [7, 11) is 0. The van der Waals surface area contributed by atoms with E-state index in [9.17, 15) is 9.90 Å². The highest BCUT2D eigenvalue weighted by Gasteiger charge is 2.42. The average Bonchev–Trinajstić information content (AvgIpc) is 2.97. The maximum absolute atomic E-state index is 11.6. The Bertz CT molecular complexity index is 573. The molecular formula is C12H12N2O2S. The number of nitrogens with zero attached hydrogens (tertiary/aromatic N) is 2. The van der Waals surface area contributed by atoms with Crippen molar-refractivity contribution in [2.45, 2.75) is 31.1 Å². The van der Waals surface area contributed by atoms with Crippen LogP contribution in [0.15, 0.2) is 18.2 Å². The number of hydrogen-bond acceptors (Lipinski definition) is 4. The van der Waals surface area contributed by atoms with Crippen molar-refractivity contribution in [2.24, 2.45) is 0 Å². The largest absolute Gasteiger partial charge is 0.481 e. The van der Waals surface area contributed by atoms with Crippen LogP contribution in [0.4, 0.5) is 0 Å². The molecule has 1 N–H and O–H groups in total. The first-order valence-corrected chi connectivity index (χ1v) is 6.46. The van der Waals surface area contributed by atoms with Gasteiger partial charge in [-0.3, -0.25) is 4.79 Å². The van der Waals surface area contributed by atoms with Gasteiger partial charge in [0.25, 0.3) is 0 Å². The van der Waals surface area contributed by atoms with Gasteiger partial charge >= 0.3 is 5.97 Å². The minimum Gasteiger partial charge on any atom is -0.481 e. The smallest absolute Gasteiger partial charge is 0.314 e. The van der Waals surface area contributed by atoms with Crippen LogP contribution in [0.2, 0.25) is 0 Å². The molecule has 0 unspecified atom stereocenters. The Labute approximate surface area is 102 Å². The molecule has 0 saturated heterocycles. The van der Waals surface area contributed by atoms with Crippen LogP contribution < -0.4 is 0 Å². The highest BCUT2D eigenvalue weighted by Crippen LogP contribution is 2.42. The summed E-state index contributed by atoms with van der Waals surface area (Å²) >= 11 is 1.32.